The monoisotopic (exact) mass is 212 g/mol. The third-order valence-corrected chi connectivity index (χ3v) is 3.41. The molecule has 1 aromatic carbocycles. The minimum absolute atomic E-state index is 0.484. The molecule has 16 heavy (non-hydrogen) atoms. The van der Waals surface area contributed by atoms with Crippen LogP contribution < -0.4 is 4.90 Å². The van der Waals surface area contributed by atoms with Gasteiger partial charge in [-0.15, -0.1) is 0 Å². The highest BCUT2D eigenvalue weighted by Gasteiger charge is 2.35. The van der Waals surface area contributed by atoms with Crippen molar-refractivity contribution in [3.8, 4) is 0 Å². The van der Waals surface area contributed by atoms with Crippen molar-refractivity contribution in [1.29, 1.82) is 0 Å². The maximum absolute atomic E-state index is 2.45. The van der Waals surface area contributed by atoms with Crippen LogP contribution >= 0.6 is 0 Å². The Labute approximate surface area is 96.5 Å². The molecule has 2 atom stereocenters. The van der Waals surface area contributed by atoms with Gasteiger partial charge in [-0.3, -0.25) is 4.90 Å². The average Bonchev–Trinajstić information content (AvgIpc) is 2.69. The molecule has 1 aliphatic carbocycles. The molecule has 0 aromatic heterocycles. The van der Waals surface area contributed by atoms with Crippen LogP contribution in [0.15, 0.2) is 54.6 Å². The van der Waals surface area contributed by atoms with Gasteiger partial charge in [-0.2, -0.15) is 0 Å². The molecule has 0 N–H and O–H groups in total. The second kappa shape index (κ2) is 3.80. The predicted octanol–water partition coefficient (Wildman–Crippen LogP) is 2.26. The Balaban J connectivity index is 1.93. The second-order valence-corrected chi connectivity index (χ2v) is 4.45. The Hall–Kier alpha value is -1.54. The van der Waals surface area contributed by atoms with Gasteiger partial charge in [0, 0.05) is 5.69 Å². The summed E-state index contributed by atoms with van der Waals surface area (Å²) in [7, 11) is 2.18. The van der Waals surface area contributed by atoms with E-state index >= 15 is 0 Å². The molecule has 0 radical (unpaired) electrons. The number of para-hydroxylation sites is 1. The van der Waals surface area contributed by atoms with Gasteiger partial charge in [0.2, 0.25) is 0 Å². The van der Waals surface area contributed by atoms with Crippen molar-refractivity contribution in [2.45, 2.75) is 12.1 Å². The van der Waals surface area contributed by atoms with Gasteiger partial charge in [0.1, 0.15) is 0 Å². The number of rotatable bonds is 1. The highest BCUT2D eigenvalue weighted by molar-refractivity contribution is 5.51. The predicted molar refractivity (Wildman–Crippen MR) is 67.4 cm³/mol. The van der Waals surface area contributed by atoms with E-state index in [1.54, 1.807) is 0 Å². The van der Waals surface area contributed by atoms with Crippen LogP contribution in [-0.2, 0) is 0 Å². The van der Waals surface area contributed by atoms with Crippen LogP contribution in [0.3, 0.4) is 0 Å². The third-order valence-electron chi connectivity index (χ3n) is 3.41. The van der Waals surface area contributed by atoms with E-state index in [1.807, 2.05) is 0 Å². The van der Waals surface area contributed by atoms with Gasteiger partial charge in [0.05, 0.1) is 18.8 Å². The van der Waals surface area contributed by atoms with Crippen LogP contribution in [0.2, 0.25) is 0 Å². The fourth-order valence-corrected chi connectivity index (χ4v) is 2.58. The molecule has 1 aliphatic heterocycles. The molecule has 82 valence electrons. The summed E-state index contributed by atoms with van der Waals surface area (Å²) in [6.07, 6.45) is 8.87. The van der Waals surface area contributed by atoms with Crippen LogP contribution in [0.1, 0.15) is 0 Å². The van der Waals surface area contributed by atoms with Crippen molar-refractivity contribution < 1.29 is 0 Å². The number of fused-ring (bicyclic) bond motifs is 1. The van der Waals surface area contributed by atoms with Gasteiger partial charge in [0.15, 0.2) is 0 Å². The topological polar surface area (TPSA) is 6.48 Å². The van der Waals surface area contributed by atoms with E-state index in [0.29, 0.717) is 12.1 Å². The van der Waals surface area contributed by atoms with Crippen molar-refractivity contribution in [2.75, 3.05) is 18.6 Å². The highest BCUT2D eigenvalue weighted by atomic mass is 15.4. The fraction of sp³-hybridized carbons (Fsp3) is 0.286. The maximum Gasteiger partial charge on any atom is 0.0717 e. The number of hydrogen-bond acceptors (Lipinski definition) is 2. The molecule has 3 rings (SSSR count). The summed E-state index contributed by atoms with van der Waals surface area (Å²) in [5, 5.41) is 0. The molecular weight excluding hydrogens is 196 g/mol. The lowest BCUT2D eigenvalue weighted by atomic mass is 10.0. The standard InChI is InChI=1S/C14H16N2/c1-15-11-16(12-7-3-2-4-8-12)14-10-6-5-9-13(14)15/h2-10,13-14H,11H2,1H3. The van der Waals surface area contributed by atoms with Gasteiger partial charge in [0.25, 0.3) is 0 Å². The number of allylic oxidation sites excluding steroid dienone is 2. The quantitative estimate of drug-likeness (QED) is 0.704. The summed E-state index contributed by atoms with van der Waals surface area (Å²) in [4.78, 5) is 4.84. The molecule has 0 spiro atoms. The molecule has 1 aromatic rings. The largest absolute Gasteiger partial charge is 0.350 e. The van der Waals surface area contributed by atoms with Crippen molar-refractivity contribution in [3.63, 3.8) is 0 Å². The third kappa shape index (κ3) is 1.46. The minimum atomic E-state index is 0.484. The summed E-state index contributed by atoms with van der Waals surface area (Å²) < 4.78 is 0. The van der Waals surface area contributed by atoms with Crippen molar-refractivity contribution in [2.24, 2.45) is 0 Å². The Morgan fingerprint density at radius 3 is 2.44 bits per heavy atom. The normalized spacial score (nSPS) is 28.4. The van der Waals surface area contributed by atoms with Crippen LogP contribution in [0.4, 0.5) is 5.69 Å². The minimum Gasteiger partial charge on any atom is -0.350 e. The first-order chi connectivity index (χ1) is 7.86. The highest BCUT2D eigenvalue weighted by Crippen LogP contribution is 2.29. The summed E-state index contributed by atoms with van der Waals surface area (Å²) >= 11 is 0. The molecule has 0 saturated carbocycles. The first-order valence-corrected chi connectivity index (χ1v) is 5.73. The van der Waals surface area contributed by atoms with E-state index < -0.39 is 0 Å². The van der Waals surface area contributed by atoms with Gasteiger partial charge in [-0.1, -0.05) is 42.5 Å². The maximum atomic E-state index is 2.45. The van der Waals surface area contributed by atoms with Crippen LogP contribution in [-0.4, -0.2) is 30.7 Å². The molecule has 2 unspecified atom stereocenters. The van der Waals surface area contributed by atoms with E-state index in [2.05, 4.69) is 71.5 Å². The molecule has 2 heteroatoms. The average molecular weight is 212 g/mol. The van der Waals surface area contributed by atoms with E-state index in [4.69, 9.17) is 0 Å². The van der Waals surface area contributed by atoms with Crippen molar-refractivity contribution >= 4 is 5.69 Å². The van der Waals surface area contributed by atoms with Gasteiger partial charge in [-0.05, 0) is 19.2 Å². The summed E-state index contributed by atoms with van der Waals surface area (Å²) in [5.74, 6) is 0. The molecule has 2 aliphatic rings. The zero-order valence-corrected chi connectivity index (χ0v) is 9.45. The zero-order valence-electron chi connectivity index (χ0n) is 9.45. The Bertz CT molecular complexity index is 422. The van der Waals surface area contributed by atoms with Gasteiger partial charge >= 0.3 is 0 Å². The summed E-state index contributed by atoms with van der Waals surface area (Å²) in [6.45, 7) is 0.994. The van der Waals surface area contributed by atoms with E-state index in [9.17, 15) is 0 Å². The van der Waals surface area contributed by atoms with E-state index in [0.717, 1.165) is 6.67 Å². The molecule has 0 bridgehead atoms. The smallest absolute Gasteiger partial charge is 0.0717 e. The molecule has 2 nitrogen and oxygen atoms in total. The Kier molecular flexibility index (Phi) is 2.29. The number of anilines is 1. The molecule has 1 saturated heterocycles. The lowest BCUT2D eigenvalue weighted by Gasteiger charge is -2.26. The van der Waals surface area contributed by atoms with E-state index in [1.165, 1.54) is 5.69 Å². The lowest BCUT2D eigenvalue weighted by Crippen LogP contribution is -2.34. The summed E-state index contributed by atoms with van der Waals surface area (Å²) in [5.41, 5.74) is 1.31. The van der Waals surface area contributed by atoms with Crippen LogP contribution in [0.25, 0.3) is 0 Å². The van der Waals surface area contributed by atoms with Crippen molar-refractivity contribution in [1.82, 2.24) is 4.90 Å². The van der Waals surface area contributed by atoms with Crippen LogP contribution in [0.5, 0.6) is 0 Å². The Morgan fingerprint density at radius 1 is 1.00 bits per heavy atom. The number of hydrogen-bond donors (Lipinski definition) is 0. The van der Waals surface area contributed by atoms with Crippen LogP contribution in [0, 0.1) is 0 Å². The van der Waals surface area contributed by atoms with Crippen molar-refractivity contribution in [3.05, 3.63) is 54.6 Å². The molecule has 1 fully saturated rings. The molecular formula is C14H16N2. The first-order valence-electron chi connectivity index (χ1n) is 5.73. The van der Waals surface area contributed by atoms with Gasteiger partial charge < -0.3 is 4.90 Å². The second-order valence-electron chi connectivity index (χ2n) is 4.45. The Morgan fingerprint density at radius 2 is 1.69 bits per heavy atom. The van der Waals surface area contributed by atoms with E-state index in [-0.39, 0.29) is 0 Å². The fourth-order valence-electron chi connectivity index (χ4n) is 2.58. The number of benzene rings is 1. The summed E-state index contributed by atoms with van der Waals surface area (Å²) in [6, 6.07) is 11.6. The first kappa shape index (κ1) is 9.67. The zero-order chi connectivity index (χ0) is 11.0. The molecule has 0 amide bonds. The SMILES string of the molecule is CN1CN(c2ccccc2)C2C=CC=CC21. The number of nitrogens with zero attached hydrogens (tertiary/aromatic N) is 2. The molecule has 1 heterocycles. The lowest BCUT2D eigenvalue weighted by molar-refractivity contribution is 0.353. The van der Waals surface area contributed by atoms with Gasteiger partial charge in [-0.25, -0.2) is 0 Å². The number of likely N-dealkylation sites (N-methyl/N-ethyl adjacent to an activating group) is 1.